The maximum atomic E-state index is 9.34. The number of para-hydroxylation sites is 1. The van der Waals surface area contributed by atoms with Crippen LogP contribution in [0.5, 0.6) is 0 Å². The summed E-state index contributed by atoms with van der Waals surface area (Å²) in [7, 11) is 0. The predicted octanol–water partition coefficient (Wildman–Crippen LogP) is 9.70. The van der Waals surface area contributed by atoms with Crippen molar-refractivity contribution in [3.05, 3.63) is 173 Å². The van der Waals surface area contributed by atoms with Crippen LogP contribution in [0.15, 0.2) is 145 Å². The molecule has 0 unspecified atom stereocenters. The van der Waals surface area contributed by atoms with Gasteiger partial charge in [-0.05, 0) is 75.8 Å². The highest BCUT2D eigenvalue weighted by atomic mass is 15.0. The zero-order chi connectivity index (χ0) is 32.0. The van der Waals surface area contributed by atoms with Gasteiger partial charge in [-0.1, -0.05) is 111 Å². The third-order valence-electron chi connectivity index (χ3n) is 9.53. The Morgan fingerprint density at radius 2 is 1.45 bits per heavy atom. The summed E-state index contributed by atoms with van der Waals surface area (Å²) >= 11 is 0. The smallest absolute Gasteiger partial charge is 0.128 e. The van der Waals surface area contributed by atoms with Crippen molar-refractivity contribution in [1.82, 2.24) is 9.88 Å². The third-order valence-corrected chi connectivity index (χ3v) is 9.53. The highest BCUT2D eigenvalue weighted by Gasteiger charge is 2.36. The molecule has 6 aromatic carbocycles. The van der Waals surface area contributed by atoms with Gasteiger partial charge in [0.25, 0.3) is 0 Å². The van der Waals surface area contributed by atoms with E-state index in [2.05, 4.69) is 127 Å². The molecule has 8 rings (SSSR count). The number of benzene rings is 6. The first kappa shape index (κ1) is 28.5. The number of amidine groups is 1. The molecule has 4 nitrogen and oxygen atoms in total. The summed E-state index contributed by atoms with van der Waals surface area (Å²) in [6.45, 7) is 5.79. The average molecular weight is 607 g/mol. The summed E-state index contributed by atoms with van der Waals surface area (Å²) in [6, 6.07) is 51.3. The quantitative estimate of drug-likeness (QED) is 0.151. The highest BCUT2D eigenvalue weighted by Crippen LogP contribution is 2.50. The van der Waals surface area contributed by atoms with Crippen molar-refractivity contribution in [2.75, 3.05) is 0 Å². The minimum absolute atomic E-state index is 0.0731. The van der Waals surface area contributed by atoms with Crippen LogP contribution in [0, 0.1) is 11.3 Å². The first-order valence-corrected chi connectivity index (χ1v) is 16.1. The van der Waals surface area contributed by atoms with E-state index in [1.54, 1.807) is 0 Å². The van der Waals surface area contributed by atoms with Gasteiger partial charge in [-0.2, -0.15) is 5.26 Å². The highest BCUT2D eigenvalue weighted by molar-refractivity contribution is 6.11. The Morgan fingerprint density at radius 1 is 0.681 bits per heavy atom. The van der Waals surface area contributed by atoms with Gasteiger partial charge in [-0.25, -0.2) is 0 Å². The Labute approximate surface area is 275 Å². The lowest BCUT2D eigenvalue weighted by atomic mass is 9.82. The Kier molecular flexibility index (Phi) is 6.96. The van der Waals surface area contributed by atoms with Crippen LogP contribution in [0.25, 0.3) is 38.6 Å². The first-order chi connectivity index (χ1) is 23.0. The lowest BCUT2D eigenvalue weighted by Gasteiger charge is -2.21. The first-order valence-electron chi connectivity index (χ1n) is 16.1. The van der Waals surface area contributed by atoms with Crippen LogP contribution >= 0.6 is 0 Å². The minimum atomic E-state index is -0.0731. The molecule has 0 spiro atoms. The summed E-state index contributed by atoms with van der Waals surface area (Å²) in [6.07, 6.45) is 0. The number of nitrogens with zero attached hydrogens (tertiary/aromatic N) is 3. The van der Waals surface area contributed by atoms with Crippen LogP contribution in [-0.2, 0) is 18.5 Å². The fourth-order valence-electron chi connectivity index (χ4n) is 7.19. The largest absolute Gasteiger partial charge is 0.366 e. The Balaban J connectivity index is 1.17. The summed E-state index contributed by atoms with van der Waals surface area (Å²) in [5.74, 6) is 0.826. The second-order valence-electron chi connectivity index (χ2n) is 12.8. The fraction of sp³-hybridized carbons (Fsp3) is 0.116. The molecule has 47 heavy (non-hydrogen) atoms. The van der Waals surface area contributed by atoms with Gasteiger partial charge in [0, 0.05) is 34.0 Å². The molecule has 0 amide bonds. The number of hydrogen-bond donors (Lipinski definition) is 1. The Morgan fingerprint density at radius 3 is 2.32 bits per heavy atom. The molecule has 0 saturated heterocycles. The molecule has 0 aliphatic heterocycles. The van der Waals surface area contributed by atoms with Gasteiger partial charge in [-0.15, -0.1) is 0 Å². The van der Waals surface area contributed by atoms with E-state index in [9.17, 15) is 5.26 Å². The maximum Gasteiger partial charge on any atom is 0.128 e. The molecule has 0 atom stereocenters. The molecular formula is C43H34N4. The zero-order valence-corrected chi connectivity index (χ0v) is 26.5. The van der Waals surface area contributed by atoms with Gasteiger partial charge in [0.2, 0.25) is 0 Å². The number of aromatic nitrogens is 1. The van der Waals surface area contributed by atoms with Crippen LogP contribution in [0.3, 0.4) is 0 Å². The molecular weight excluding hydrogens is 573 g/mol. The molecule has 0 radical (unpaired) electrons. The Hall–Kier alpha value is -5.92. The molecule has 1 N–H and O–H groups in total. The number of nitrogens with one attached hydrogen (secondary N) is 1. The van der Waals surface area contributed by atoms with Gasteiger partial charge in [0.1, 0.15) is 5.84 Å². The number of hydrogen-bond acceptors (Lipinski definition) is 2. The van der Waals surface area contributed by atoms with Crippen molar-refractivity contribution in [3.63, 3.8) is 0 Å². The van der Waals surface area contributed by atoms with Crippen LogP contribution in [-0.4, -0.2) is 10.4 Å². The Bertz CT molecular complexity index is 2370. The zero-order valence-electron chi connectivity index (χ0n) is 26.5. The molecule has 226 valence electrons. The van der Waals surface area contributed by atoms with E-state index < -0.39 is 0 Å². The van der Waals surface area contributed by atoms with Gasteiger partial charge >= 0.3 is 0 Å². The van der Waals surface area contributed by atoms with E-state index in [1.165, 1.54) is 44.1 Å². The van der Waals surface area contributed by atoms with Gasteiger partial charge in [-0.3, -0.25) is 4.99 Å². The number of fused-ring (bicyclic) bond motifs is 6. The monoisotopic (exact) mass is 606 g/mol. The second kappa shape index (κ2) is 11.5. The van der Waals surface area contributed by atoms with Crippen LogP contribution < -0.4 is 5.32 Å². The number of rotatable bonds is 6. The SMILES string of the molecule is CC1(C)c2ccccc2-c2cc3c4ccccc4n(-c4cccc(CN/C(=N\Cc5cccc(C#N)c5)c5ccccc5)c4)c3cc21. The van der Waals surface area contributed by atoms with Crippen LogP contribution in [0.2, 0.25) is 0 Å². The van der Waals surface area contributed by atoms with E-state index in [0.29, 0.717) is 18.7 Å². The second-order valence-corrected chi connectivity index (χ2v) is 12.8. The fourth-order valence-corrected chi connectivity index (χ4v) is 7.19. The number of aliphatic imine (C=N–C) groups is 1. The topological polar surface area (TPSA) is 53.1 Å². The van der Waals surface area contributed by atoms with E-state index in [1.807, 2.05) is 42.5 Å². The van der Waals surface area contributed by atoms with E-state index in [0.717, 1.165) is 28.2 Å². The van der Waals surface area contributed by atoms with Crippen molar-refractivity contribution in [1.29, 1.82) is 5.26 Å². The van der Waals surface area contributed by atoms with Crippen LogP contribution in [0.4, 0.5) is 0 Å². The normalized spacial score (nSPS) is 13.3. The molecule has 1 aliphatic rings. The molecule has 7 aromatic rings. The lowest BCUT2D eigenvalue weighted by molar-refractivity contribution is 0.661. The van der Waals surface area contributed by atoms with Gasteiger partial charge in [0.05, 0.1) is 29.2 Å². The molecule has 1 aromatic heterocycles. The van der Waals surface area contributed by atoms with Crippen molar-refractivity contribution in [3.8, 4) is 22.9 Å². The summed E-state index contributed by atoms with van der Waals surface area (Å²) < 4.78 is 2.42. The summed E-state index contributed by atoms with van der Waals surface area (Å²) in [5.41, 5.74) is 12.8. The lowest BCUT2D eigenvalue weighted by Crippen LogP contribution is -2.24. The predicted molar refractivity (Wildman–Crippen MR) is 193 cm³/mol. The van der Waals surface area contributed by atoms with Crippen molar-refractivity contribution in [2.24, 2.45) is 4.99 Å². The van der Waals surface area contributed by atoms with Crippen molar-refractivity contribution < 1.29 is 0 Å². The molecule has 0 bridgehead atoms. The van der Waals surface area contributed by atoms with Crippen molar-refractivity contribution in [2.45, 2.75) is 32.4 Å². The molecule has 4 heteroatoms. The average Bonchev–Trinajstić information content (AvgIpc) is 3.56. The third kappa shape index (κ3) is 4.98. The van der Waals surface area contributed by atoms with Gasteiger partial charge < -0.3 is 9.88 Å². The van der Waals surface area contributed by atoms with E-state index >= 15 is 0 Å². The van der Waals surface area contributed by atoms with E-state index in [-0.39, 0.29) is 5.41 Å². The van der Waals surface area contributed by atoms with Crippen LogP contribution in [0.1, 0.15) is 47.2 Å². The minimum Gasteiger partial charge on any atom is -0.366 e. The maximum absolute atomic E-state index is 9.34. The summed E-state index contributed by atoms with van der Waals surface area (Å²) in [5, 5.41) is 15.5. The van der Waals surface area contributed by atoms with E-state index in [4.69, 9.17) is 4.99 Å². The molecule has 0 fully saturated rings. The van der Waals surface area contributed by atoms with Gasteiger partial charge in [0.15, 0.2) is 0 Å². The summed E-state index contributed by atoms with van der Waals surface area (Å²) in [4.78, 5) is 4.96. The molecule has 1 aliphatic carbocycles. The molecule has 0 saturated carbocycles. The van der Waals surface area contributed by atoms with Crippen molar-refractivity contribution >= 4 is 27.6 Å². The molecule has 1 heterocycles. The number of nitriles is 1. The standard InChI is InChI=1S/C43H34N4/c1-43(2)38-20-8-6-18-34(38)36-24-37-35-19-7-9-21-40(35)47(41(37)25-39(36)43)33-17-11-14-31(23-33)28-46-42(32-15-4-3-5-16-32)45-27-30-13-10-12-29(22-30)26-44/h3-25H,27-28H2,1-2H3,(H,45,46).